The van der Waals surface area contributed by atoms with E-state index in [0.29, 0.717) is 34.5 Å². The molecule has 0 bridgehead atoms. The van der Waals surface area contributed by atoms with E-state index in [-0.39, 0.29) is 5.54 Å². The van der Waals surface area contributed by atoms with E-state index in [2.05, 4.69) is 24.5 Å². The average Bonchev–Trinajstić information content (AvgIpc) is 2.71. The first-order chi connectivity index (χ1) is 13.5. The topological polar surface area (TPSA) is 24.8 Å². The molecule has 0 radical (unpaired) electrons. The first-order valence-corrected chi connectivity index (χ1v) is 10.5. The number of aliphatic imine (C=N–C) groups is 1. The molecule has 1 aliphatic heterocycles. The molecule has 2 aromatic rings. The Kier molecular flexibility index (Phi) is 5.39. The molecule has 5 heteroatoms. The average molecular weight is 415 g/mol. The SMILES string of the molecule is C=C[C@]12C(C)CCC[C@H]1COC(=Nc1ccc(Cl)cc1)N2c1ccc(Cl)cc1. The van der Waals surface area contributed by atoms with Gasteiger partial charge in [0.1, 0.15) is 0 Å². The van der Waals surface area contributed by atoms with E-state index in [9.17, 15) is 0 Å². The molecule has 3 atom stereocenters. The standard InChI is InChI=1S/C23H24Cl2N2O/c1-3-23-16(2)5-4-6-17(23)15-28-22(26-20-11-7-18(24)8-12-20)27(23)21-13-9-19(25)10-14-21/h3,7-14,16-17H,1,4-6,15H2,2H3/t16?,17-,23-/m0/s1. The van der Waals surface area contributed by atoms with Crippen LogP contribution in [-0.4, -0.2) is 18.2 Å². The van der Waals surface area contributed by atoms with Gasteiger partial charge in [0.2, 0.25) is 0 Å². The molecule has 3 nitrogen and oxygen atoms in total. The molecular formula is C23H24Cl2N2O. The van der Waals surface area contributed by atoms with E-state index in [1.807, 2.05) is 48.5 Å². The number of anilines is 1. The molecular weight excluding hydrogens is 391 g/mol. The highest BCUT2D eigenvalue weighted by atomic mass is 35.5. The smallest absolute Gasteiger partial charge is 0.298 e. The summed E-state index contributed by atoms with van der Waals surface area (Å²) in [7, 11) is 0. The zero-order valence-corrected chi connectivity index (χ0v) is 17.5. The fraction of sp³-hybridized carbons (Fsp3) is 0.348. The summed E-state index contributed by atoms with van der Waals surface area (Å²) in [6.45, 7) is 7.21. The Balaban J connectivity index is 1.86. The molecule has 1 unspecified atom stereocenters. The van der Waals surface area contributed by atoms with Crippen molar-refractivity contribution >= 4 is 40.6 Å². The lowest BCUT2D eigenvalue weighted by Crippen LogP contribution is -2.65. The van der Waals surface area contributed by atoms with Gasteiger partial charge in [-0.3, -0.25) is 4.90 Å². The second kappa shape index (κ2) is 7.81. The predicted octanol–water partition coefficient (Wildman–Crippen LogP) is 6.88. The molecule has 1 saturated heterocycles. The maximum absolute atomic E-state index is 6.22. The van der Waals surface area contributed by atoms with Crippen molar-refractivity contribution in [3.8, 4) is 0 Å². The summed E-state index contributed by atoms with van der Waals surface area (Å²) in [6, 6.07) is 15.9. The van der Waals surface area contributed by atoms with Crippen LogP contribution in [0.4, 0.5) is 11.4 Å². The molecule has 2 aromatic carbocycles. The Hall–Kier alpha value is -1.97. The van der Waals surface area contributed by atoms with Crippen LogP contribution in [0.25, 0.3) is 0 Å². The van der Waals surface area contributed by atoms with E-state index in [0.717, 1.165) is 24.2 Å². The Morgan fingerprint density at radius 1 is 1.07 bits per heavy atom. The van der Waals surface area contributed by atoms with E-state index >= 15 is 0 Å². The molecule has 0 N–H and O–H groups in total. The molecule has 1 heterocycles. The molecule has 1 aliphatic carbocycles. The van der Waals surface area contributed by atoms with Crippen molar-refractivity contribution in [3.05, 3.63) is 71.2 Å². The van der Waals surface area contributed by atoms with Gasteiger partial charge >= 0.3 is 0 Å². The summed E-state index contributed by atoms with van der Waals surface area (Å²) in [4.78, 5) is 7.06. The predicted molar refractivity (Wildman–Crippen MR) is 118 cm³/mol. The van der Waals surface area contributed by atoms with Crippen molar-refractivity contribution in [1.82, 2.24) is 0 Å². The van der Waals surface area contributed by atoms with E-state index in [1.165, 1.54) is 6.42 Å². The van der Waals surface area contributed by atoms with Crippen LogP contribution in [-0.2, 0) is 4.74 Å². The van der Waals surface area contributed by atoms with Crippen molar-refractivity contribution in [1.29, 1.82) is 0 Å². The fourth-order valence-corrected chi connectivity index (χ4v) is 4.90. The summed E-state index contributed by atoms with van der Waals surface area (Å²) in [6.07, 6.45) is 5.59. The van der Waals surface area contributed by atoms with Crippen LogP contribution in [0.1, 0.15) is 26.2 Å². The molecule has 0 amide bonds. The lowest BCUT2D eigenvalue weighted by Gasteiger charge is -2.56. The normalized spacial score (nSPS) is 28.5. The number of halogens is 2. The number of benzene rings is 2. The fourth-order valence-electron chi connectivity index (χ4n) is 4.65. The Morgan fingerprint density at radius 2 is 1.71 bits per heavy atom. The van der Waals surface area contributed by atoms with Crippen molar-refractivity contribution in [2.45, 2.75) is 31.7 Å². The minimum atomic E-state index is -0.240. The Bertz CT molecular complexity index is 878. The Labute approximate surface area is 176 Å². The van der Waals surface area contributed by atoms with Gasteiger partial charge in [0, 0.05) is 21.7 Å². The number of amidine groups is 1. The molecule has 0 spiro atoms. The summed E-state index contributed by atoms with van der Waals surface area (Å²) in [5.74, 6) is 0.798. The lowest BCUT2D eigenvalue weighted by molar-refractivity contribution is 0.0721. The second-order valence-electron chi connectivity index (χ2n) is 7.61. The van der Waals surface area contributed by atoms with Crippen LogP contribution < -0.4 is 4.90 Å². The van der Waals surface area contributed by atoms with Gasteiger partial charge in [0.25, 0.3) is 6.02 Å². The molecule has 0 aromatic heterocycles. The van der Waals surface area contributed by atoms with Crippen molar-refractivity contribution in [3.63, 3.8) is 0 Å². The first-order valence-electron chi connectivity index (χ1n) is 9.71. The molecule has 146 valence electrons. The van der Waals surface area contributed by atoms with Crippen molar-refractivity contribution < 1.29 is 4.74 Å². The van der Waals surface area contributed by atoms with Crippen molar-refractivity contribution in [2.75, 3.05) is 11.5 Å². The highest BCUT2D eigenvalue weighted by Gasteiger charge is 2.53. The minimum absolute atomic E-state index is 0.240. The van der Waals surface area contributed by atoms with Gasteiger partial charge in [0.05, 0.1) is 17.8 Å². The van der Waals surface area contributed by atoms with Crippen molar-refractivity contribution in [2.24, 2.45) is 16.8 Å². The van der Waals surface area contributed by atoms with Gasteiger partial charge in [-0.1, -0.05) is 42.6 Å². The van der Waals surface area contributed by atoms with Gasteiger partial charge < -0.3 is 4.74 Å². The molecule has 28 heavy (non-hydrogen) atoms. The van der Waals surface area contributed by atoms with Crippen LogP contribution in [0.5, 0.6) is 0 Å². The number of ether oxygens (including phenoxy) is 1. The van der Waals surface area contributed by atoms with Gasteiger partial charge in [-0.05, 0) is 67.3 Å². The zero-order chi connectivity index (χ0) is 19.7. The summed E-state index contributed by atoms with van der Waals surface area (Å²) in [5, 5.41) is 1.39. The highest BCUT2D eigenvalue weighted by molar-refractivity contribution is 6.31. The molecule has 2 fully saturated rings. The molecule has 4 rings (SSSR count). The third kappa shape index (κ3) is 3.31. The van der Waals surface area contributed by atoms with Crippen LogP contribution in [0.15, 0.2) is 66.2 Å². The lowest BCUT2D eigenvalue weighted by atomic mass is 9.65. The largest absolute Gasteiger partial charge is 0.464 e. The summed E-state index contributed by atoms with van der Waals surface area (Å²) < 4.78 is 6.22. The quantitative estimate of drug-likeness (QED) is 0.511. The third-order valence-corrected chi connectivity index (χ3v) is 6.59. The first kappa shape index (κ1) is 19.4. The van der Waals surface area contributed by atoms with Crippen LogP contribution in [0.3, 0.4) is 0 Å². The van der Waals surface area contributed by atoms with Gasteiger partial charge in [0.15, 0.2) is 0 Å². The Morgan fingerprint density at radius 3 is 2.36 bits per heavy atom. The maximum atomic E-state index is 6.22. The van der Waals surface area contributed by atoms with E-state index in [1.54, 1.807) is 0 Å². The number of nitrogens with zero attached hydrogens (tertiary/aromatic N) is 2. The number of rotatable bonds is 3. The molecule has 2 aliphatic rings. The maximum Gasteiger partial charge on any atom is 0.298 e. The summed E-state index contributed by atoms with van der Waals surface area (Å²) >= 11 is 12.2. The minimum Gasteiger partial charge on any atom is -0.464 e. The third-order valence-electron chi connectivity index (χ3n) is 6.09. The van der Waals surface area contributed by atoms with Crippen LogP contribution >= 0.6 is 23.2 Å². The number of fused-ring (bicyclic) bond motifs is 1. The number of hydrogen-bond acceptors (Lipinski definition) is 2. The van der Waals surface area contributed by atoms with E-state index < -0.39 is 0 Å². The molecule has 1 saturated carbocycles. The van der Waals surface area contributed by atoms with Gasteiger partial charge in [-0.25, -0.2) is 0 Å². The monoisotopic (exact) mass is 414 g/mol. The zero-order valence-electron chi connectivity index (χ0n) is 15.9. The van der Waals surface area contributed by atoms with Gasteiger partial charge in [-0.15, -0.1) is 6.58 Å². The highest BCUT2D eigenvalue weighted by Crippen LogP contribution is 2.48. The second-order valence-corrected chi connectivity index (χ2v) is 8.49. The summed E-state index contributed by atoms with van der Waals surface area (Å²) in [5.41, 5.74) is 1.57. The number of hydrogen-bond donors (Lipinski definition) is 0. The van der Waals surface area contributed by atoms with Crippen LogP contribution in [0.2, 0.25) is 10.0 Å². The van der Waals surface area contributed by atoms with Crippen LogP contribution in [0, 0.1) is 11.8 Å². The van der Waals surface area contributed by atoms with Gasteiger partial charge in [-0.2, -0.15) is 4.99 Å². The van der Waals surface area contributed by atoms with E-state index in [4.69, 9.17) is 32.9 Å².